The Morgan fingerprint density at radius 3 is 2.19 bits per heavy atom. The highest BCUT2D eigenvalue weighted by Crippen LogP contribution is 2.11. The molecule has 96 valence electrons. The molecule has 1 atom stereocenters. The zero-order valence-electron chi connectivity index (χ0n) is 11.7. The second kappa shape index (κ2) is 5.99. The maximum absolute atomic E-state index is 3.38. The molecule has 1 saturated heterocycles. The molecule has 3 nitrogen and oxygen atoms in total. The van der Waals surface area contributed by atoms with E-state index in [9.17, 15) is 0 Å². The van der Waals surface area contributed by atoms with Crippen LogP contribution in [-0.2, 0) is 0 Å². The van der Waals surface area contributed by atoms with Crippen LogP contribution in [0.25, 0.3) is 0 Å². The molecule has 1 N–H and O–H groups in total. The minimum Gasteiger partial charge on any atom is -0.314 e. The van der Waals surface area contributed by atoms with Crippen LogP contribution in [0.5, 0.6) is 0 Å². The zero-order valence-corrected chi connectivity index (χ0v) is 11.7. The Labute approximate surface area is 101 Å². The summed E-state index contributed by atoms with van der Waals surface area (Å²) >= 11 is 0. The second-order valence-corrected chi connectivity index (χ2v) is 5.70. The Morgan fingerprint density at radius 1 is 1.19 bits per heavy atom. The molecule has 1 aliphatic heterocycles. The van der Waals surface area contributed by atoms with Crippen LogP contribution in [0.1, 0.15) is 34.1 Å². The highest BCUT2D eigenvalue weighted by molar-refractivity contribution is 4.83. The highest BCUT2D eigenvalue weighted by atomic mass is 15.3. The van der Waals surface area contributed by atoms with Gasteiger partial charge in [0.1, 0.15) is 0 Å². The van der Waals surface area contributed by atoms with Crippen LogP contribution in [0.4, 0.5) is 0 Å². The fraction of sp³-hybridized carbons (Fsp3) is 1.00. The third kappa shape index (κ3) is 4.04. The molecule has 1 fully saturated rings. The van der Waals surface area contributed by atoms with Crippen LogP contribution in [0, 0.1) is 0 Å². The van der Waals surface area contributed by atoms with Gasteiger partial charge in [0.05, 0.1) is 0 Å². The van der Waals surface area contributed by atoms with Crippen molar-refractivity contribution < 1.29 is 0 Å². The van der Waals surface area contributed by atoms with Gasteiger partial charge in [0.25, 0.3) is 0 Å². The van der Waals surface area contributed by atoms with E-state index in [1.54, 1.807) is 0 Å². The van der Waals surface area contributed by atoms with Crippen molar-refractivity contribution in [2.45, 2.75) is 45.7 Å². The van der Waals surface area contributed by atoms with Crippen molar-refractivity contribution in [2.75, 3.05) is 39.8 Å². The molecule has 1 aliphatic rings. The van der Waals surface area contributed by atoms with Gasteiger partial charge in [0.15, 0.2) is 0 Å². The summed E-state index contributed by atoms with van der Waals surface area (Å²) in [6, 6.07) is 0.750. The number of nitrogens with one attached hydrogen (secondary N) is 1. The van der Waals surface area contributed by atoms with E-state index >= 15 is 0 Å². The van der Waals surface area contributed by atoms with Crippen LogP contribution < -0.4 is 5.32 Å². The van der Waals surface area contributed by atoms with Crippen LogP contribution in [-0.4, -0.2) is 61.2 Å². The van der Waals surface area contributed by atoms with Crippen molar-refractivity contribution in [3.63, 3.8) is 0 Å². The lowest BCUT2D eigenvalue weighted by atomic mass is 10.0. The molecule has 1 rings (SSSR count). The maximum Gasteiger partial charge on any atom is 0.0249 e. The van der Waals surface area contributed by atoms with Gasteiger partial charge in [-0.15, -0.1) is 0 Å². The molecular weight excluding hydrogens is 198 g/mol. The van der Waals surface area contributed by atoms with Gasteiger partial charge in [-0.05, 0) is 34.2 Å². The summed E-state index contributed by atoms with van der Waals surface area (Å²) in [5, 5.41) is 3.38. The van der Waals surface area contributed by atoms with E-state index in [-0.39, 0.29) is 5.54 Å². The predicted molar refractivity (Wildman–Crippen MR) is 70.9 cm³/mol. The summed E-state index contributed by atoms with van der Waals surface area (Å²) in [5.74, 6) is 0. The number of hydrogen-bond donors (Lipinski definition) is 1. The van der Waals surface area contributed by atoms with Crippen molar-refractivity contribution in [3.8, 4) is 0 Å². The molecule has 1 heterocycles. The standard InChI is InChI=1S/C13H29N3/c1-6-12(2)16-9-7-15(8-10-16)11-13(3,4)14-5/h12,14H,6-11H2,1-5H3. The first-order valence-corrected chi connectivity index (χ1v) is 6.64. The topological polar surface area (TPSA) is 18.5 Å². The molecule has 1 unspecified atom stereocenters. The lowest BCUT2D eigenvalue weighted by Crippen LogP contribution is -2.55. The zero-order chi connectivity index (χ0) is 12.2. The molecule has 0 aliphatic carbocycles. The smallest absolute Gasteiger partial charge is 0.0249 e. The van der Waals surface area contributed by atoms with Crippen molar-refractivity contribution >= 4 is 0 Å². The number of rotatable bonds is 5. The molecule has 3 heteroatoms. The monoisotopic (exact) mass is 227 g/mol. The Morgan fingerprint density at radius 2 is 1.75 bits per heavy atom. The van der Waals surface area contributed by atoms with Crippen molar-refractivity contribution in [2.24, 2.45) is 0 Å². The van der Waals surface area contributed by atoms with E-state index < -0.39 is 0 Å². The van der Waals surface area contributed by atoms with E-state index in [4.69, 9.17) is 0 Å². The molecular formula is C13H29N3. The summed E-state index contributed by atoms with van der Waals surface area (Å²) in [4.78, 5) is 5.19. The van der Waals surface area contributed by atoms with Gasteiger partial charge >= 0.3 is 0 Å². The molecule has 0 saturated carbocycles. The van der Waals surface area contributed by atoms with Crippen LogP contribution in [0.15, 0.2) is 0 Å². The maximum atomic E-state index is 3.38. The average molecular weight is 227 g/mol. The van der Waals surface area contributed by atoms with Gasteiger partial charge in [-0.2, -0.15) is 0 Å². The first-order valence-electron chi connectivity index (χ1n) is 6.64. The molecule has 0 amide bonds. The molecule has 0 radical (unpaired) electrons. The fourth-order valence-corrected chi connectivity index (χ4v) is 2.26. The summed E-state index contributed by atoms with van der Waals surface area (Å²) < 4.78 is 0. The van der Waals surface area contributed by atoms with Gasteiger partial charge in [-0.1, -0.05) is 6.92 Å². The fourth-order valence-electron chi connectivity index (χ4n) is 2.26. The van der Waals surface area contributed by atoms with Crippen LogP contribution in [0.3, 0.4) is 0 Å². The largest absolute Gasteiger partial charge is 0.314 e. The van der Waals surface area contributed by atoms with Crippen molar-refractivity contribution in [3.05, 3.63) is 0 Å². The third-order valence-corrected chi connectivity index (χ3v) is 3.92. The molecule has 0 aromatic rings. The first-order chi connectivity index (χ1) is 7.48. The number of piperazine rings is 1. The predicted octanol–water partition coefficient (Wildman–Crippen LogP) is 1.40. The average Bonchev–Trinajstić information content (AvgIpc) is 2.28. The van der Waals surface area contributed by atoms with Gasteiger partial charge in [-0.3, -0.25) is 9.80 Å². The van der Waals surface area contributed by atoms with Gasteiger partial charge in [0, 0.05) is 44.3 Å². The van der Waals surface area contributed by atoms with Gasteiger partial charge in [-0.25, -0.2) is 0 Å². The van der Waals surface area contributed by atoms with E-state index in [1.807, 2.05) is 0 Å². The number of hydrogen-bond acceptors (Lipinski definition) is 3. The summed E-state index contributed by atoms with van der Waals surface area (Å²) in [7, 11) is 2.05. The highest BCUT2D eigenvalue weighted by Gasteiger charge is 2.24. The first kappa shape index (κ1) is 13.9. The Balaban J connectivity index is 2.32. The second-order valence-electron chi connectivity index (χ2n) is 5.70. The Bertz CT molecular complexity index is 195. The normalized spacial score (nSPS) is 22.3. The minimum absolute atomic E-state index is 0.235. The van der Waals surface area contributed by atoms with E-state index in [0.29, 0.717) is 0 Å². The van der Waals surface area contributed by atoms with Crippen LogP contribution in [0.2, 0.25) is 0 Å². The lowest BCUT2D eigenvalue weighted by Gasteiger charge is -2.40. The third-order valence-electron chi connectivity index (χ3n) is 3.92. The Kier molecular flexibility index (Phi) is 5.22. The molecule has 0 aromatic carbocycles. The summed E-state index contributed by atoms with van der Waals surface area (Å²) in [6.45, 7) is 15.2. The Hall–Kier alpha value is -0.120. The lowest BCUT2D eigenvalue weighted by molar-refractivity contribution is 0.0849. The van der Waals surface area contributed by atoms with Gasteiger partial charge < -0.3 is 5.32 Å². The molecule has 0 bridgehead atoms. The summed E-state index contributed by atoms with van der Waals surface area (Å²) in [6.07, 6.45) is 1.27. The van der Waals surface area contributed by atoms with E-state index in [2.05, 4.69) is 49.9 Å². The summed E-state index contributed by atoms with van der Waals surface area (Å²) in [5.41, 5.74) is 0.235. The SMILES string of the molecule is CCC(C)N1CCN(CC(C)(C)NC)CC1. The number of likely N-dealkylation sites (N-methyl/N-ethyl adjacent to an activating group) is 1. The van der Waals surface area contributed by atoms with Crippen molar-refractivity contribution in [1.29, 1.82) is 0 Å². The van der Waals surface area contributed by atoms with E-state index in [1.165, 1.54) is 32.6 Å². The minimum atomic E-state index is 0.235. The van der Waals surface area contributed by atoms with Crippen LogP contribution >= 0.6 is 0 Å². The number of nitrogens with zero attached hydrogens (tertiary/aromatic N) is 2. The quantitative estimate of drug-likeness (QED) is 0.766. The van der Waals surface area contributed by atoms with Gasteiger partial charge in [0.2, 0.25) is 0 Å². The van der Waals surface area contributed by atoms with Crippen molar-refractivity contribution in [1.82, 2.24) is 15.1 Å². The molecule has 0 aromatic heterocycles. The molecule has 16 heavy (non-hydrogen) atoms. The van der Waals surface area contributed by atoms with E-state index in [0.717, 1.165) is 12.6 Å². The molecule has 0 spiro atoms.